The summed E-state index contributed by atoms with van der Waals surface area (Å²) < 4.78 is 4.44. The van der Waals surface area contributed by atoms with Crippen molar-refractivity contribution in [2.24, 2.45) is 0 Å². The van der Waals surface area contributed by atoms with Crippen LogP contribution in [-0.2, 0) is 13.9 Å². The molecule has 0 N–H and O–H groups in total. The summed E-state index contributed by atoms with van der Waals surface area (Å²) in [5.41, 5.74) is 0.977. The molecule has 0 amide bonds. The van der Waals surface area contributed by atoms with Crippen molar-refractivity contribution >= 4 is 21.9 Å². The maximum Gasteiger partial charge on any atom is 0.327 e. The number of carbonyl (C=O) groups is 1. The lowest BCUT2D eigenvalue weighted by molar-refractivity contribution is -0.150. The number of esters is 1. The Kier molecular flexibility index (Phi) is 2.59. The molecule has 1 atom stereocenters. The van der Waals surface area contributed by atoms with Crippen molar-refractivity contribution < 1.29 is 9.53 Å². The molecule has 74 valence electrons. The van der Waals surface area contributed by atoms with Gasteiger partial charge in [0, 0.05) is 0 Å². The lowest BCUT2D eigenvalue weighted by atomic mass is 9.93. The Morgan fingerprint density at radius 2 is 2.00 bits per heavy atom. The summed E-state index contributed by atoms with van der Waals surface area (Å²) in [6.07, 6.45) is 1.71. The molecule has 1 fully saturated rings. The summed E-state index contributed by atoms with van der Waals surface area (Å²) in [7, 11) is 0. The fourth-order valence-corrected chi connectivity index (χ4v) is 2.32. The van der Waals surface area contributed by atoms with E-state index in [9.17, 15) is 4.79 Å². The fourth-order valence-electron chi connectivity index (χ4n) is 1.66. The van der Waals surface area contributed by atoms with E-state index in [1.807, 2.05) is 30.3 Å². The average molecular weight is 255 g/mol. The van der Waals surface area contributed by atoms with Gasteiger partial charge in [-0.25, -0.2) is 0 Å². The van der Waals surface area contributed by atoms with Gasteiger partial charge in [0.2, 0.25) is 0 Å². The van der Waals surface area contributed by atoms with Gasteiger partial charge < -0.3 is 4.74 Å². The SMILES string of the molecule is O=C1OCCCC1(Br)c1ccccc1. The van der Waals surface area contributed by atoms with E-state index in [-0.39, 0.29) is 5.97 Å². The number of carbonyl (C=O) groups excluding carboxylic acids is 1. The number of rotatable bonds is 1. The second kappa shape index (κ2) is 3.73. The van der Waals surface area contributed by atoms with Crippen LogP contribution in [0.2, 0.25) is 0 Å². The highest BCUT2D eigenvalue weighted by atomic mass is 79.9. The van der Waals surface area contributed by atoms with Gasteiger partial charge in [0.25, 0.3) is 0 Å². The number of cyclic esters (lactones) is 1. The van der Waals surface area contributed by atoms with Gasteiger partial charge in [-0.1, -0.05) is 46.3 Å². The van der Waals surface area contributed by atoms with Crippen LogP contribution in [0, 0.1) is 0 Å². The van der Waals surface area contributed by atoms with Crippen molar-refractivity contribution in [2.45, 2.75) is 17.2 Å². The Morgan fingerprint density at radius 1 is 1.29 bits per heavy atom. The summed E-state index contributed by atoms with van der Waals surface area (Å²) in [4.78, 5) is 11.6. The molecular weight excluding hydrogens is 244 g/mol. The lowest BCUT2D eigenvalue weighted by Gasteiger charge is -2.29. The Bertz CT molecular complexity index is 336. The highest BCUT2D eigenvalue weighted by Gasteiger charge is 2.41. The second-order valence-corrected chi connectivity index (χ2v) is 4.76. The molecule has 1 saturated heterocycles. The average Bonchev–Trinajstić information content (AvgIpc) is 2.24. The second-order valence-electron chi connectivity index (χ2n) is 3.41. The van der Waals surface area contributed by atoms with Crippen molar-refractivity contribution in [3.05, 3.63) is 35.9 Å². The van der Waals surface area contributed by atoms with Gasteiger partial charge in [0.15, 0.2) is 0 Å². The number of ether oxygens (including phenoxy) is 1. The number of halogens is 1. The van der Waals surface area contributed by atoms with Crippen LogP contribution in [0.3, 0.4) is 0 Å². The quantitative estimate of drug-likeness (QED) is 0.569. The molecule has 1 unspecified atom stereocenters. The smallest absolute Gasteiger partial charge is 0.327 e. The van der Waals surface area contributed by atoms with Crippen molar-refractivity contribution in [3.8, 4) is 0 Å². The van der Waals surface area contributed by atoms with E-state index in [0.717, 1.165) is 18.4 Å². The van der Waals surface area contributed by atoms with Crippen LogP contribution in [0.4, 0.5) is 0 Å². The zero-order valence-corrected chi connectivity index (χ0v) is 9.29. The predicted molar refractivity (Wildman–Crippen MR) is 57.2 cm³/mol. The summed E-state index contributed by atoms with van der Waals surface area (Å²) in [5.74, 6) is -0.171. The van der Waals surface area contributed by atoms with Crippen molar-refractivity contribution in [3.63, 3.8) is 0 Å². The Balaban J connectivity index is 2.35. The van der Waals surface area contributed by atoms with Crippen LogP contribution >= 0.6 is 15.9 Å². The van der Waals surface area contributed by atoms with Gasteiger partial charge in [-0.3, -0.25) is 4.79 Å². The normalized spacial score (nSPS) is 27.1. The minimum Gasteiger partial charge on any atom is -0.464 e. The van der Waals surface area contributed by atoms with E-state index < -0.39 is 4.32 Å². The first-order valence-electron chi connectivity index (χ1n) is 4.65. The summed E-state index contributed by atoms with van der Waals surface area (Å²) in [6.45, 7) is 0.541. The zero-order chi connectivity index (χ0) is 10.0. The molecule has 14 heavy (non-hydrogen) atoms. The molecule has 2 nitrogen and oxygen atoms in total. The van der Waals surface area contributed by atoms with E-state index in [1.54, 1.807) is 0 Å². The molecule has 0 spiro atoms. The minimum atomic E-state index is -0.619. The van der Waals surface area contributed by atoms with Crippen LogP contribution in [-0.4, -0.2) is 12.6 Å². The van der Waals surface area contributed by atoms with Gasteiger partial charge in [0.1, 0.15) is 4.32 Å². The number of hydrogen-bond donors (Lipinski definition) is 0. The molecule has 1 aliphatic rings. The monoisotopic (exact) mass is 254 g/mol. The standard InChI is InChI=1S/C11H11BrO2/c12-11(7-4-8-14-10(11)13)9-5-2-1-3-6-9/h1-3,5-6H,4,7-8H2. The minimum absolute atomic E-state index is 0.171. The molecule has 0 bridgehead atoms. The predicted octanol–water partition coefficient (Wildman–Crippen LogP) is 2.61. The van der Waals surface area contributed by atoms with Crippen LogP contribution in [0.5, 0.6) is 0 Å². The fraction of sp³-hybridized carbons (Fsp3) is 0.364. The van der Waals surface area contributed by atoms with Gasteiger partial charge in [-0.2, -0.15) is 0 Å². The highest BCUT2D eigenvalue weighted by molar-refractivity contribution is 9.10. The molecule has 3 heteroatoms. The molecule has 0 saturated carbocycles. The summed E-state index contributed by atoms with van der Waals surface area (Å²) in [5, 5.41) is 0. The molecular formula is C11H11BrO2. The molecule has 1 aromatic carbocycles. The Hall–Kier alpha value is -0.830. The first kappa shape index (κ1) is 9.71. The van der Waals surface area contributed by atoms with Crippen LogP contribution < -0.4 is 0 Å². The number of benzene rings is 1. The van der Waals surface area contributed by atoms with Crippen molar-refractivity contribution in [1.29, 1.82) is 0 Å². The molecule has 1 heterocycles. The van der Waals surface area contributed by atoms with Crippen molar-refractivity contribution in [1.82, 2.24) is 0 Å². The highest BCUT2D eigenvalue weighted by Crippen LogP contribution is 2.39. The van der Waals surface area contributed by atoms with E-state index in [2.05, 4.69) is 15.9 Å². The van der Waals surface area contributed by atoms with Crippen LogP contribution in [0.1, 0.15) is 18.4 Å². The summed E-state index contributed by atoms with van der Waals surface area (Å²) in [6, 6.07) is 9.69. The van der Waals surface area contributed by atoms with Gasteiger partial charge in [0.05, 0.1) is 6.61 Å². The van der Waals surface area contributed by atoms with E-state index in [1.165, 1.54) is 0 Å². The zero-order valence-electron chi connectivity index (χ0n) is 7.70. The van der Waals surface area contributed by atoms with E-state index in [4.69, 9.17) is 4.74 Å². The maximum absolute atomic E-state index is 11.6. The molecule has 1 aromatic rings. The van der Waals surface area contributed by atoms with E-state index >= 15 is 0 Å². The Labute approximate surface area is 91.4 Å². The Morgan fingerprint density at radius 3 is 2.64 bits per heavy atom. The van der Waals surface area contributed by atoms with E-state index in [0.29, 0.717) is 6.61 Å². The van der Waals surface area contributed by atoms with Crippen molar-refractivity contribution in [2.75, 3.05) is 6.61 Å². The maximum atomic E-state index is 11.6. The van der Waals surface area contributed by atoms with Crippen LogP contribution in [0.15, 0.2) is 30.3 Å². The third-order valence-corrected chi connectivity index (χ3v) is 3.63. The van der Waals surface area contributed by atoms with Gasteiger partial charge in [-0.05, 0) is 18.4 Å². The third-order valence-electron chi connectivity index (χ3n) is 2.45. The summed E-state index contributed by atoms with van der Waals surface area (Å²) >= 11 is 3.49. The van der Waals surface area contributed by atoms with Gasteiger partial charge >= 0.3 is 5.97 Å². The first-order chi connectivity index (χ1) is 6.73. The number of hydrogen-bond acceptors (Lipinski definition) is 2. The van der Waals surface area contributed by atoms with Gasteiger partial charge in [-0.15, -0.1) is 0 Å². The molecule has 0 radical (unpaired) electrons. The largest absolute Gasteiger partial charge is 0.464 e. The molecule has 2 rings (SSSR count). The first-order valence-corrected chi connectivity index (χ1v) is 5.44. The number of alkyl halides is 1. The third kappa shape index (κ3) is 1.57. The molecule has 0 aliphatic carbocycles. The lowest BCUT2D eigenvalue weighted by Crippen LogP contribution is -2.35. The topological polar surface area (TPSA) is 26.3 Å². The molecule has 1 aliphatic heterocycles. The van der Waals surface area contributed by atoms with Crippen LogP contribution in [0.25, 0.3) is 0 Å². The molecule has 0 aromatic heterocycles.